The summed E-state index contributed by atoms with van der Waals surface area (Å²) in [4.78, 5) is 0. The highest BCUT2D eigenvalue weighted by molar-refractivity contribution is 6.36. The van der Waals surface area contributed by atoms with Crippen LogP contribution in [0.5, 0.6) is 0 Å². The van der Waals surface area contributed by atoms with Gasteiger partial charge in [0.25, 0.3) is 0 Å². The van der Waals surface area contributed by atoms with Crippen LogP contribution >= 0.6 is 23.2 Å². The average Bonchev–Trinajstić information content (AvgIpc) is 2.80. The van der Waals surface area contributed by atoms with Crippen molar-refractivity contribution in [3.8, 4) is 11.3 Å². The minimum Gasteiger partial charge on any atom is -0.368 e. The number of nitrogens with zero attached hydrogens (tertiary/aromatic N) is 1. The van der Waals surface area contributed by atoms with E-state index >= 15 is 0 Å². The van der Waals surface area contributed by atoms with E-state index in [0.29, 0.717) is 10.0 Å². The van der Waals surface area contributed by atoms with Crippen LogP contribution in [0.2, 0.25) is 10.0 Å². The summed E-state index contributed by atoms with van der Waals surface area (Å²) in [7, 11) is 0. The Bertz CT molecular complexity index is 548. The maximum atomic E-state index is 6.17. The van der Waals surface area contributed by atoms with E-state index in [4.69, 9.17) is 23.2 Å². The van der Waals surface area contributed by atoms with E-state index in [1.165, 1.54) is 5.56 Å². The van der Waals surface area contributed by atoms with Crippen molar-refractivity contribution < 1.29 is 0 Å². The van der Waals surface area contributed by atoms with Crippen LogP contribution in [-0.4, -0.2) is 16.7 Å². The van der Waals surface area contributed by atoms with Crippen LogP contribution < -0.4 is 5.32 Å². The van der Waals surface area contributed by atoms with E-state index in [9.17, 15) is 0 Å². The Balaban J connectivity index is 2.15. The zero-order valence-corrected chi connectivity index (χ0v) is 9.86. The zero-order valence-electron chi connectivity index (χ0n) is 8.35. The van der Waals surface area contributed by atoms with Gasteiger partial charge in [-0.3, -0.25) is 5.10 Å². The van der Waals surface area contributed by atoms with Crippen LogP contribution in [0.15, 0.2) is 18.2 Å². The Morgan fingerprint density at radius 2 is 2.12 bits per heavy atom. The fourth-order valence-corrected chi connectivity index (χ4v) is 2.48. The van der Waals surface area contributed by atoms with Gasteiger partial charge in [-0.15, -0.1) is 0 Å². The lowest BCUT2D eigenvalue weighted by Crippen LogP contribution is -1.94. The van der Waals surface area contributed by atoms with Crippen LogP contribution in [0.25, 0.3) is 11.3 Å². The van der Waals surface area contributed by atoms with E-state index in [0.717, 1.165) is 30.0 Å². The van der Waals surface area contributed by atoms with Crippen LogP contribution in [-0.2, 0) is 6.42 Å². The van der Waals surface area contributed by atoms with Crippen molar-refractivity contribution in [3.05, 3.63) is 33.8 Å². The third-order valence-electron chi connectivity index (χ3n) is 2.74. The summed E-state index contributed by atoms with van der Waals surface area (Å²) < 4.78 is 0. The van der Waals surface area contributed by atoms with Gasteiger partial charge >= 0.3 is 0 Å². The highest BCUT2D eigenvalue weighted by Crippen LogP contribution is 2.35. The molecular formula is C11H9Cl2N3. The second-order valence-electron chi connectivity index (χ2n) is 3.73. The molecule has 0 unspecified atom stereocenters. The van der Waals surface area contributed by atoms with Crippen LogP contribution in [0.3, 0.4) is 0 Å². The number of H-pyrrole nitrogens is 1. The van der Waals surface area contributed by atoms with Gasteiger partial charge in [0.15, 0.2) is 5.82 Å². The van der Waals surface area contributed by atoms with Crippen molar-refractivity contribution >= 4 is 29.0 Å². The number of hydrogen-bond donors (Lipinski definition) is 2. The molecule has 1 aliphatic rings. The maximum absolute atomic E-state index is 6.17. The molecule has 2 aromatic rings. The van der Waals surface area contributed by atoms with Gasteiger partial charge in [0, 0.05) is 22.7 Å². The molecule has 0 saturated heterocycles. The lowest BCUT2D eigenvalue weighted by Gasteiger charge is -2.03. The number of anilines is 1. The first-order chi connectivity index (χ1) is 7.75. The molecule has 1 aliphatic heterocycles. The second-order valence-corrected chi connectivity index (χ2v) is 4.57. The van der Waals surface area contributed by atoms with E-state index < -0.39 is 0 Å². The SMILES string of the molecule is Clc1ccc(-c2[nH]nc3c2CCN3)c(Cl)c1. The van der Waals surface area contributed by atoms with Gasteiger partial charge in [0.05, 0.1) is 10.7 Å². The summed E-state index contributed by atoms with van der Waals surface area (Å²) in [6.07, 6.45) is 0.972. The number of aromatic amines is 1. The smallest absolute Gasteiger partial charge is 0.151 e. The molecule has 1 aromatic heterocycles. The summed E-state index contributed by atoms with van der Waals surface area (Å²) in [6, 6.07) is 5.49. The van der Waals surface area contributed by atoms with Crippen LogP contribution in [0, 0.1) is 0 Å². The summed E-state index contributed by atoms with van der Waals surface area (Å²) >= 11 is 12.0. The molecule has 0 fully saturated rings. The molecule has 1 aromatic carbocycles. The first-order valence-corrected chi connectivity index (χ1v) is 5.78. The molecule has 5 heteroatoms. The molecule has 2 heterocycles. The van der Waals surface area contributed by atoms with Gasteiger partial charge in [-0.1, -0.05) is 23.2 Å². The van der Waals surface area contributed by atoms with Crippen molar-refractivity contribution in [1.29, 1.82) is 0 Å². The summed E-state index contributed by atoms with van der Waals surface area (Å²) in [5.41, 5.74) is 3.13. The number of hydrogen-bond acceptors (Lipinski definition) is 2. The Hall–Kier alpha value is -1.19. The number of halogens is 2. The van der Waals surface area contributed by atoms with Gasteiger partial charge in [0.1, 0.15) is 0 Å². The largest absolute Gasteiger partial charge is 0.368 e. The van der Waals surface area contributed by atoms with Crippen molar-refractivity contribution in [2.75, 3.05) is 11.9 Å². The quantitative estimate of drug-likeness (QED) is 0.819. The predicted molar refractivity (Wildman–Crippen MR) is 66.2 cm³/mol. The van der Waals surface area contributed by atoms with Gasteiger partial charge in [-0.2, -0.15) is 5.10 Å². The van der Waals surface area contributed by atoms with Crippen LogP contribution in [0.4, 0.5) is 5.82 Å². The number of nitrogens with one attached hydrogen (secondary N) is 2. The summed E-state index contributed by atoms with van der Waals surface area (Å²) in [5, 5.41) is 11.7. The van der Waals surface area contributed by atoms with E-state index in [2.05, 4.69) is 15.5 Å². The predicted octanol–water partition coefficient (Wildman–Crippen LogP) is 3.35. The number of benzene rings is 1. The summed E-state index contributed by atoms with van der Waals surface area (Å²) in [6.45, 7) is 0.935. The minimum atomic E-state index is 0.642. The molecule has 0 bridgehead atoms. The monoisotopic (exact) mass is 253 g/mol. The van der Waals surface area contributed by atoms with Crippen molar-refractivity contribution in [1.82, 2.24) is 10.2 Å². The van der Waals surface area contributed by atoms with Gasteiger partial charge in [-0.25, -0.2) is 0 Å². The minimum absolute atomic E-state index is 0.642. The highest BCUT2D eigenvalue weighted by Gasteiger charge is 2.20. The molecule has 0 spiro atoms. The molecule has 0 amide bonds. The Labute approximate surface area is 103 Å². The van der Waals surface area contributed by atoms with E-state index in [1.54, 1.807) is 6.07 Å². The zero-order chi connectivity index (χ0) is 11.1. The molecule has 3 nitrogen and oxygen atoms in total. The maximum Gasteiger partial charge on any atom is 0.151 e. The van der Waals surface area contributed by atoms with Gasteiger partial charge in [-0.05, 0) is 24.6 Å². The van der Waals surface area contributed by atoms with Gasteiger partial charge < -0.3 is 5.32 Å². The number of aromatic nitrogens is 2. The molecule has 16 heavy (non-hydrogen) atoms. The number of fused-ring (bicyclic) bond motifs is 1. The highest BCUT2D eigenvalue weighted by atomic mass is 35.5. The van der Waals surface area contributed by atoms with Crippen molar-refractivity contribution in [2.24, 2.45) is 0 Å². The van der Waals surface area contributed by atoms with Gasteiger partial charge in [0.2, 0.25) is 0 Å². The Morgan fingerprint density at radius 1 is 1.25 bits per heavy atom. The van der Waals surface area contributed by atoms with E-state index in [1.807, 2.05) is 12.1 Å². The third kappa shape index (κ3) is 1.47. The first kappa shape index (κ1) is 10.00. The van der Waals surface area contributed by atoms with Crippen molar-refractivity contribution in [3.63, 3.8) is 0 Å². The van der Waals surface area contributed by atoms with E-state index in [-0.39, 0.29) is 0 Å². The molecule has 0 saturated carbocycles. The standard InChI is InChI=1S/C11H9Cl2N3/c12-6-1-2-7(9(13)5-6)10-8-3-4-14-11(8)16-15-10/h1-2,5H,3-4H2,(H2,14,15,16). The Morgan fingerprint density at radius 3 is 2.94 bits per heavy atom. The molecule has 0 radical (unpaired) electrons. The third-order valence-corrected chi connectivity index (χ3v) is 3.28. The average molecular weight is 254 g/mol. The molecule has 2 N–H and O–H groups in total. The number of rotatable bonds is 1. The fourth-order valence-electron chi connectivity index (χ4n) is 1.98. The molecule has 82 valence electrons. The fraction of sp³-hybridized carbons (Fsp3) is 0.182. The first-order valence-electron chi connectivity index (χ1n) is 5.02. The molecular weight excluding hydrogens is 245 g/mol. The lowest BCUT2D eigenvalue weighted by atomic mass is 10.1. The topological polar surface area (TPSA) is 40.7 Å². The lowest BCUT2D eigenvalue weighted by molar-refractivity contribution is 1.04. The molecule has 3 rings (SSSR count). The normalized spacial score (nSPS) is 13.6. The van der Waals surface area contributed by atoms with Crippen molar-refractivity contribution in [2.45, 2.75) is 6.42 Å². The molecule has 0 aliphatic carbocycles. The Kier molecular flexibility index (Phi) is 2.30. The molecule has 0 atom stereocenters. The summed E-state index contributed by atoms with van der Waals surface area (Å²) in [5.74, 6) is 0.931. The second kappa shape index (κ2) is 3.68. The van der Waals surface area contributed by atoms with Crippen LogP contribution in [0.1, 0.15) is 5.56 Å².